The number of carboxylic acid groups (broad SMARTS) is 1. The highest BCUT2D eigenvalue weighted by Gasteiger charge is 2.42. The zero-order valence-electron chi connectivity index (χ0n) is 12.1. The molecule has 1 amide bonds. The molecule has 2 rings (SSSR count). The van der Waals surface area contributed by atoms with Crippen molar-refractivity contribution in [3.8, 4) is 0 Å². The zero-order chi connectivity index (χ0) is 14.6. The van der Waals surface area contributed by atoms with E-state index >= 15 is 0 Å². The number of thioether (sulfide) groups is 1. The molecule has 6 heteroatoms. The van der Waals surface area contributed by atoms with Gasteiger partial charge in [-0.2, -0.15) is 11.8 Å². The Labute approximate surface area is 124 Å². The van der Waals surface area contributed by atoms with Gasteiger partial charge in [-0.1, -0.05) is 19.3 Å². The molecular formula is C14H24N2O3S. The van der Waals surface area contributed by atoms with Gasteiger partial charge in [0, 0.05) is 25.1 Å². The van der Waals surface area contributed by atoms with Gasteiger partial charge in [-0.15, -0.1) is 0 Å². The molecule has 1 atom stereocenters. The maximum Gasteiger partial charge on any atom is 0.305 e. The number of nitrogens with one attached hydrogen (secondary N) is 1. The summed E-state index contributed by atoms with van der Waals surface area (Å²) in [5.74, 6) is 1.07. The van der Waals surface area contributed by atoms with E-state index in [1.165, 1.54) is 0 Å². The number of carbonyl (C=O) groups excluding carboxylic acids is 1. The molecule has 1 heterocycles. The molecule has 1 unspecified atom stereocenters. The maximum absolute atomic E-state index is 12.6. The van der Waals surface area contributed by atoms with Gasteiger partial charge in [0.15, 0.2) is 0 Å². The number of hydrogen-bond acceptors (Lipinski definition) is 4. The van der Waals surface area contributed by atoms with Crippen LogP contribution in [0.5, 0.6) is 0 Å². The van der Waals surface area contributed by atoms with Crippen LogP contribution in [0.15, 0.2) is 0 Å². The molecule has 2 aliphatic rings. The Balaban J connectivity index is 2.10. The number of carbonyl (C=O) groups is 2. The largest absolute Gasteiger partial charge is 0.481 e. The van der Waals surface area contributed by atoms with Crippen molar-refractivity contribution in [2.75, 3.05) is 25.1 Å². The molecule has 0 aromatic carbocycles. The predicted molar refractivity (Wildman–Crippen MR) is 80.0 cm³/mol. The number of aliphatic carboxylic acids is 1. The molecule has 1 aliphatic carbocycles. The Morgan fingerprint density at radius 1 is 1.35 bits per heavy atom. The van der Waals surface area contributed by atoms with E-state index in [0.29, 0.717) is 0 Å². The van der Waals surface area contributed by atoms with Crippen LogP contribution in [0.25, 0.3) is 0 Å². The van der Waals surface area contributed by atoms with Crippen molar-refractivity contribution in [3.05, 3.63) is 0 Å². The summed E-state index contributed by atoms with van der Waals surface area (Å²) in [6.07, 6.45) is 4.84. The summed E-state index contributed by atoms with van der Waals surface area (Å²) in [5, 5.41) is 12.5. The highest BCUT2D eigenvalue weighted by Crippen LogP contribution is 2.36. The monoisotopic (exact) mass is 300 g/mol. The van der Waals surface area contributed by atoms with Crippen LogP contribution >= 0.6 is 11.8 Å². The lowest BCUT2D eigenvalue weighted by Crippen LogP contribution is -2.58. The van der Waals surface area contributed by atoms with Gasteiger partial charge in [0.1, 0.15) is 0 Å². The van der Waals surface area contributed by atoms with Gasteiger partial charge in [-0.25, -0.2) is 0 Å². The SMILES string of the molecule is CN(C(=O)C1CSCCN1)C1(CC(=O)O)CCCCC1. The normalized spacial score (nSPS) is 25.9. The smallest absolute Gasteiger partial charge is 0.305 e. The quantitative estimate of drug-likeness (QED) is 0.819. The van der Waals surface area contributed by atoms with Crippen molar-refractivity contribution >= 4 is 23.6 Å². The van der Waals surface area contributed by atoms with Crippen molar-refractivity contribution in [1.82, 2.24) is 10.2 Å². The molecule has 0 aromatic heterocycles. The Hall–Kier alpha value is -0.750. The van der Waals surface area contributed by atoms with Gasteiger partial charge >= 0.3 is 5.97 Å². The Morgan fingerprint density at radius 2 is 2.05 bits per heavy atom. The number of hydrogen-bond donors (Lipinski definition) is 2. The third-order valence-electron chi connectivity index (χ3n) is 4.53. The summed E-state index contributed by atoms with van der Waals surface area (Å²) in [6.45, 7) is 0.848. The molecule has 0 aromatic rings. The molecule has 1 aliphatic heterocycles. The second-order valence-electron chi connectivity index (χ2n) is 5.83. The third-order valence-corrected chi connectivity index (χ3v) is 5.59. The fraction of sp³-hybridized carbons (Fsp3) is 0.857. The summed E-state index contributed by atoms with van der Waals surface area (Å²) in [4.78, 5) is 25.6. The summed E-state index contributed by atoms with van der Waals surface area (Å²) in [6, 6.07) is -0.161. The lowest BCUT2D eigenvalue weighted by molar-refractivity contribution is -0.146. The van der Waals surface area contributed by atoms with Crippen LogP contribution in [0.2, 0.25) is 0 Å². The van der Waals surface area contributed by atoms with Crippen molar-refractivity contribution < 1.29 is 14.7 Å². The summed E-state index contributed by atoms with van der Waals surface area (Å²) in [5.41, 5.74) is -0.481. The molecule has 2 N–H and O–H groups in total. The van der Waals surface area contributed by atoms with Crippen molar-refractivity contribution in [2.45, 2.75) is 50.1 Å². The topological polar surface area (TPSA) is 69.6 Å². The predicted octanol–water partition coefficient (Wildman–Crippen LogP) is 1.33. The molecule has 0 radical (unpaired) electrons. The van der Waals surface area contributed by atoms with Crippen LogP contribution < -0.4 is 5.32 Å². The molecule has 1 saturated carbocycles. The van der Waals surface area contributed by atoms with Crippen LogP contribution in [-0.2, 0) is 9.59 Å². The summed E-state index contributed by atoms with van der Waals surface area (Å²) in [7, 11) is 1.79. The Bertz CT molecular complexity index is 363. The molecule has 5 nitrogen and oxygen atoms in total. The van der Waals surface area contributed by atoms with Crippen LogP contribution in [0.1, 0.15) is 38.5 Å². The highest BCUT2D eigenvalue weighted by molar-refractivity contribution is 7.99. The van der Waals surface area contributed by atoms with Gasteiger partial charge in [0.25, 0.3) is 0 Å². The highest BCUT2D eigenvalue weighted by atomic mass is 32.2. The van der Waals surface area contributed by atoms with Crippen LogP contribution in [0, 0.1) is 0 Å². The molecule has 20 heavy (non-hydrogen) atoms. The number of rotatable bonds is 4. The van der Waals surface area contributed by atoms with E-state index in [4.69, 9.17) is 0 Å². The van der Waals surface area contributed by atoms with E-state index in [0.717, 1.165) is 50.2 Å². The van der Waals surface area contributed by atoms with Gasteiger partial charge in [-0.05, 0) is 12.8 Å². The summed E-state index contributed by atoms with van der Waals surface area (Å²) >= 11 is 1.78. The third kappa shape index (κ3) is 3.47. The van der Waals surface area contributed by atoms with E-state index in [-0.39, 0.29) is 18.4 Å². The number of likely N-dealkylation sites (N-methyl/N-ethyl adjacent to an activating group) is 1. The van der Waals surface area contributed by atoms with Crippen molar-refractivity contribution in [2.24, 2.45) is 0 Å². The molecule has 2 fully saturated rings. The first-order valence-corrected chi connectivity index (χ1v) is 8.51. The molecule has 0 spiro atoms. The zero-order valence-corrected chi connectivity index (χ0v) is 12.9. The van der Waals surface area contributed by atoms with Crippen molar-refractivity contribution in [3.63, 3.8) is 0 Å². The minimum Gasteiger partial charge on any atom is -0.481 e. The lowest BCUT2D eigenvalue weighted by Gasteiger charge is -2.45. The van der Waals surface area contributed by atoms with Crippen LogP contribution in [-0.4, -0.2) is 58.6 Å². The van der Waals surface area contributed by atoms with Crippen LogP contribution in [0.4, 0.5) is 0 Å². The second kappa shape index (κ2) is 6.80. The fourth-order valence-electron chi connectivity index (χ4n) is 3.31. The molecule has 0 bridgehead atoms. The second-order valence-corrected chi connectivity index (χ2v) is 6.98. The van der Waals surface area contributed by atoms with Crippen LogP contribution in [0.3, 0.4) is 0 Å². The molecule has 114 valence electrons. The Morgan fingerprint density at radius 3 is 2.60 bits per heavy atom. The van der Waals surface area contributed by atoms with Gasteiger partial charge < -0.3 is 15.3 Å². The molecule has 1 saturated heterocycles. The number of amides is 1. The molecular weight excluding hydrogens is 276 g/mol. The number of nitrogens with zero attached hydrogens (tertiary/aromatic N) is 1. The van der Waals surface area contributed by atoms with E-state index in [1.807, 2.05) is 0 Å². The first kappa shape index (κ1) is 15.6. The fourth-order valence-corrected chi connectivity index (χ4v) is 4.24. The summed E-state index contributed by atoms with van der Waals surface area (Å²) < 4.78 is 0. The first-order chi connectivity index (χ1) is 9.55. The van der Waals surface area contributed by atoms with E-state index in [1.54, 1.807) is 23.7 Å². The van der Waals surface area contributed by atoms with E-state index < -0.39 is 11.5 Å². The van der Waals surface area contributed by atoms with E-state index in [9.17, 15) is 14.7 Å². The Kier molecular flexibility index (Phi) is 5.32. The van der Waals surface area contributed by atoms with Crippen molar-refractivity contribution in [1.29, 1.82) is 0 Å². The van der Waals surface area contributed by atoms with Gasteiger partial charge in [-0.3, -0.25) is 9.59 Å². The maximum atomic E-state index is 12.6. The van der Waals surface area contributed by atoms with Gasteiger partial charge in [0.05, 0.1) is 18.0 Å². The minimum absolute atomic E-state index is 0.0559. The minimum atomic E-state index is -0.808. The standard InChI is InChI=1S/C14H24N2O3S/c1-16(13(19)11-10-20-8-7-15-11)14(9-12(17)18)5-3-2-4-6-14/h11,15H,2-10H2,1H3,(H,17,18). The first-order valence-electron chi connectivity index (χ1n) is 7.36. The average molecular weight is 300 g/mol. The average Bonchev–Trinajstić information content (AvgIpc) is 2.47. The lowest BCUT2D eigenvalue weighted by atomic mass is 9.78. The van der Waals surface area contributed by atoms with E-state index in [2.05, 4.69) is 5.32 Å². The van der Waals surface area contributed by atoms with Gasteiger partial charge in [0.2, 0.25) is 5.91 Å². The number of carboxylic acids is 1.